The number of hydrogen-bond donors (Lipinski definition) is 0. The number of amides is 1. The van der Waals surface area contributed by atoms with Gasteiger partial charge >= 0.3 is 0 Å². The molecule has 2 aliphatic heterocycles. The van der Waals surface area contributed by atoms with Crippen LogP contribution in [-0.4, -0.2) is 67.1 Å². The van der Waals surface area contributed by atoms with Crippen LogP contribution in [0.3, 0.4) is 0 Å². The Morgan fingerprint density at radius 2 is 1.76 bits per heavy atom. The molecule has 38 heavy (non-hydrogen) atoms. The summed E-state index contributed by atoms with van der Waals surface area (Å²) in [5, 5.41) is 0. The lowest BCUT2D eigenvalue weighted by molar-refractivity contribution is -0.148. The smallest absolute Gasteiger partial charge is 0.260 e. The Morgan fingerprint density at radius 3 is 2.47 bits per heavy atom. The second-order valence-electron chi connectivity index (χ2n) is 10.3. The molecule has 1 amide bonds. The highest BCUT2D eigenvalue weighted by Crippen LogP contribution is 2.36. The number of fused-ring (bicyclic) bond motifs is 1. The zero-order chi connectivity index (χ0) is 26.1. The molecule has 0 radical (unpaired) electrons. The van der Waals surface area contributed by atoms with Gasteiger partial charge in [0.1, 0.15) is 5.69 Å². The van der Waals surface area contributed by atoms with Crippen molar-refractivity contribution in [2.75, 3.05) is 26.2 Å². The zero-order valence-corrected chi connectivity index (χ0v) is 22.7. The highest BCUT2D eigenvalue weighted by atomic mass is 79.9. The fourth-order valence-electron chi connectivity index (χ4n) is 5.75. The molecular weight excluding hydrogens is 547 g/mol. The van der Waals surface area contributed by atoms with E-state index in [0.29, 0.717) is 26.2 Å². The topological polar surface area (TPSA) is 67.2 Å². The molecule has 3 aromatic heterocycles. The first kappa shape index (κ1) is 25.1. The van der Waals surface area contributed by atoms with E-state index in [1.54, 1.807) is 23.5 Å². The highest BCUT2D eigenvalue weighted by Gasteiger charge is 2.45. The van der Waals surface area contributed by atoms with Crippen molar-refractivity contribution in [1.82, 2.24) is 29.3 Å². The molecule has 0 aliphatic carbocycles. The summed E-state index contributed by atoms with van der Waals surface area (Å²) in [6, 6.07) is 16.1. The maximum atomic E-state index is 15.9. The molecule has 1 aromatic carbocycles. The molecule has 0 saturated carbocycles. The van der Waals surface area contributed by atoms with E-state index >= 15 is 4.39 Å². The van der Waals surface area contributed by atoms with Crippen molar-refractivity contribution in [3.8, 4) is 11.5 Å². The third-order valence-corrected chi connectivity index (χ3v) is 8.34. The van der Waals surface area contributed by atoms with Crippen LogP contribution in [0.15, 0.2) is 71.6 Å². The van der Waals surface area contributed by atoms with Crippen molar-refractivity contribution in [3.63, 3.8) is 0 Å². The van der Waals surface area contributed by atoms with E-state index in [9.17, 15) is 4.79 Å². The van der Waals surface area contributed by atoms with Crippen molar-refractivity contribution >= 4 is 32.9 Å². The fourth-order valence-corrected chi connectivity index (χ4v) is 6.10. The van der Waals surface area contributed by atoms with Gasteiger partial charge in [-0.05, 0) is 60.9 Å². The van der Waals surface area contributed by atoms with Crippen LogP contribution >= 0.6 is 15.9 Å². The molecule has 196 valence electrons. The monoisotopic (exact) mass is 576 g/mol. The second-order valence-corrected chi connectivity index (χ2v) is 11.2. The third kappa shape index (κ3) is 4.97. The lowest BCUT2D eigenvalue weighted by Crippen LogP contribution is -2.53. The van der Waals surface area contributed by atoms with Gasteiger partial charge in [0.25, 0.3) is 5.91 Å². The second kappa shape index (κ2) is 10.5. The van der Waals surface area contributed by atoms with E-state index in [4.69, 9.17) is 4.98 Å². The van der Waals surface area contributed by atoms with Gasteiger partial charge in [0, 0.05) is 74.7 Å². The lowest BCUT2D eigenvalue weighted by atomic mass is 9.90. The number of piperidine rings is 2. The molecule has 7 nitrogen and oxygen atoms in total. The Balaban J connectivity index is 1.14. The van der Waals surface area contributed by atoms with Crippen LogP contribution in [0.1, 0.15) is 37.3 Å². The number of carbonyl (C=O) groups is 1. The average molecular weight is 578 g/mol. The molecule has 0 bridgehead atoms. The van der Waals surface area contributed by atoms with Crippen LogP contribution in [0.4, 0.5) is 4.39 Å². The average Bonchev–Trinajstić information content (AvgIpc) is 3.34. The standard InChI is InChI=1S/C29H30BrFN6O/c30-22-4-5-26-25(19-22)34-27(24-3-1-2-12-33-24)37(26)23-8-15-36(16-9-23)28(38)29(31)10-17-35(18-11-29)20-21-6-13-32-14-7-21/h1-7,12-14,19,23H,8-11,15-18,20H2. The number of carbonyl (C=O) groups excluding carboxylic acids is 1. The van der Waals surface area contributed by atoms with Crippen molar-refractivity contribution in [1.29, 1.82) is 0 Å². The van der Waals surface area contributed by atoms with E-state index < -0.39 is 5.67 Å². The molecule has 0 spiro atoms. The predicted octanol–water partition coefficient (Wildman–Crippen LogP) is 5.42. The van der Waals surface area contributed by atoms with E-state index in [1.165, 1.54) is 0 Å². The number of imidazole rings is 1. The number of benzene rings is 1. The summed E-state index contributed by atoms with van der Waals surface area (Å²) in [4.78, 5) is 30.8. The molecule has 5 heterocycles. The van der Waals surface area contributed by atoms with Crippen LogP contribution in [-0.2, 0) is 11.3 Å². The number of rotatable bonds is 5. The van der Waals surface area contributed by atoms with Gasteiger partial charge < -0.3 is 9.47 Å². The number of pyridine rings is 2. The summed E-state index contributed by atoms with van der Waals surface area (Å²) >= 11 is 3.56. The van der Waals surface area contributed by atoms with E-state index in [-0.39, 0.29) is 24.8 Å². The van der Waals surface area contributed by atoms with Gasteiger partial charge in [0.15, 0.2) is 11.5 Å². The minimum absolute atomic E-state index is 0.153. The van der Waals surface area contributed by atoms with Crippen molar-refractivity contribution in [2.45, 2.75) is 43.9 Å². The van der Waals surface area contributed by atoms with Crippen LogP contribution in [0.2, 0.25) is 0 Å². The summed E-state index contributed by atoms with van der Waals surface area (Å²) in [6.07, 6.45) is 7.30. The molecule has 2 aliphatic rings. The number of halogens is 2. The number of nitrogens with zero attached hydrogens (tertiary/aromatic N) is 6. The SMILES string of the molecule is O=C(N1CCC(n2c(-c3ccccn3)nc3cc(Br)ccc32)CC1)C1(F)CCN(Cc2ccncc2)CC1. The molecule has 4 aromatic rings. The molecule has 0 unspecified atom stereocenters. The summed E-state index contributed by atoms with van der Waals surface area (Å²) in [5.41, 5.74) is 2.14. The molecule has 6 rings (SSSR count). The summed E-state index contributed by atoms with van der Waals surface area (Å²) in [5.74, 6) is 0.482. The molecule has 0 N–H and O–H groups in total. The molecule has 9 heteroatoms. The summed E-state index contributed by atoms with van der Waals surface area (Å²) in [7, 11) is 0. The van der Waals surface area contributed by atoms with E-state index in [0.717, 1.165) is 52.0 Å². The minimum Gasteiger partial charge on any atom is -0.340 e. The Morgan fingerprint density at radius 1 is 1.00 bits per heavy atom. The maximum Gasteiger partial charge on any atom is 0.260 e. The van der Waals surface area contributed by atoms with Gasteiger partial charge in [-0.3, -0.25) is 19.7 Å². The first-order valence-electron chi connectivity index (χ1n) is 13.2. The first-order chi connectivity index (χ1) is 18.5. The van der Waals surface area contributed by atoms with Crippen molar-refractivity contribution in [3.05, 3.63) is 77.2 Å². The highest BCUT2D eigenvalue weighted by molar-refractivity contribution is 9.10. The van der Waals surface area contributed by atoms with E-state index in [1.807, 2.05) is 42.5 Å². The molecule has 0 atom stereocenters. The number of hydrogen-bond acceptors (Lipinski definition) is 5. The van der Waals surface area contributed by atoms with Gasteiger partial charge in [0.2, 0.25) is 0 Å². The fraction of sp³-hybridized carbons (Fsp3) is 0.379. The Labute approximate surface area is 229 Å². The third-order valence-electron chi connectivity index (χ3n) is 7.85. The van der Waals surface area contributed by atoms with Crippen LogP contribution in [0, 0.1) is 0 Å². The van der Waals surface area contributed by atoms with Gasteiger partial charge in [-0.25, -0.2) is 9.37 Å². The molecular formula is C29H30BrFN6O. The predicted molar refractivity (Wildman–Crippen MR) is 148 cm³/mol. The Bertz CT molecular complexity index is 1410. The minimum atomic E-state index is -1.78. The van der Waals surface area contributed by atoms with Gasteiger partial charge in [-0.15, -0.1) is 0 Å². The maximum absolute atomic E-state index is 15.9. The zero-order valence-electron chi connectivity index (χ0n) is 21.1. The van der Waals surface area contributed by atoms with Gasteiger partial charge in [-0.1, -0.05) is 22.0 Å². The lowest BCUT2D eigenvalue weighted by Gasteiger charge is -2.40. The van der Waals surface area contributed by atoms with Crippen LogP contribution < -0.4 is 0 Å². The Hall–Kier alpha value is -3.17. The van der Waals surface area contributed by atoms with Gasteiger partial charge in [0.05, 0.1) is 11.0 Å². The Kier molecular flexibility index (Phi) is 6.97. The number of alkyl halides is 1. The molecule has 2 fully saturated rings. The van der Waals surface area contributed by atoms with Crippen LogP contribution in [0.25, 0.3) is 22.6 Å². The molecule has 2 saturated heterocycles. The normalized spacial score (nSPS) is 18.6. The van der Waals surface area contributed by atoms with Crippen LogP contribution in [0.5, 0.6) is 0 Å². The first-order valence-corrected chi connectivity index (χ1v) is 14.0. The summed E-state index contributed by atoms with van der Waals surface area (Å²) < 4.78 is 19.1. The number of likely N-dealkylation sites (tertiary alicyclic amines) is 2. The van der Waals surface area contributed by atoms with Gasteiger partial charge in [-0.2, -0.15) is 0 Å². The summed E-state index contributed by atoms with van der Waals surface area (Å²) in [6.45, 7) is 2.98. The quantitative estimate of drug-likeness (QED) is 0.317. The van der Waals surface area contributed by atoms with Crippen molar-refractivity contribution < 1.29 is 9.18 Å². The number of aromatic nitrogens is 4. The van der Waals surface area contributed by atoms with E-state index in [2.05, 4.69) is 41.4 Å². The van der Waals surface area contributed by atoms with Crippen molar-refractivity contribution in [2.24, 2.45) is 0 Å². The largest absolute Gasteiger partial charge is 0.340 e.